The molecule has 7 nitrogen and oxygen atoms in total. The Morgan fingerprint density at radius 3 is 3.00 bits per heavy atom. The van der Waals surface area contributed by atoms with Crippen LogP contribution in [0.4, 0.5) is 0 Å². The molecule has 1 aliphatic rings. The molecule has 8 heteroatoms. The zero-order valence-corrected chi connectivity index (χ0v) is 12.8. The van der Waals surface area contributed by atoms with E-state index in [2.05, 4.69) is 36.7 Å². The lowest BCUT2D eigenvalue weighted by atomic mass is 10.2. The lowest BCUT2D eigenvalue weighted by Crippen LogP contribution is -2.47. The molecule has 2 N–H and O–H groups in total. The summed E-state index contributed by atoms with van der Waals surface area (Å²) in [6.07, 6.45) is 0. The number of methoxy groups -OCH3 is 1. The molecule has 1 aromatic heterocycles. The maximum Gasteiger partial charge on any atom is 0.245 e. The molecule has 0 aliphatic carbocycles. The van der Waals surface area contributed by atoms with Crippen molar-refractivity contribution in [1.82, 2.24) is 20.8 Å². The molecule has 1 amide bonds. The third kappa shape index (κ3) is 2.91. The van der Waals surface area contributed by atoms with E-state index >= 15 is 0 Å². The number of amides is 1. The molecule has 110 valence electrons. The third-order valence-corrected chi connectivity index (χ3v) is 3.78. The first-order chi connectivity index (χ1) is 10.2. The van der Waals surface area contributed by atoms with Crippen LogP contribution in [0.3, 0.4) is 0 Å². The van der Waals surface area contributed by atoms with Crippen molar-refractivity contribution in [2.45, 2.75) is 6.04 Å². The number of halogens is 1. The van der Waals surface area contributed by atoms with Crippen molar-refractivity contribution in [2.24, 2.45) is 0 Å². The van der Waals surface area contributed by atoms with Gasteiger partial charge in [0.05, 0.1) is 18.1 Å². The molecule has 1 aromatic carbocycles. The second-order valence-corrected chi connectivity index (χ2v) is 5.40. The summed E-state index contributed by atoms with van der Waals surface area (Å²) < 4.78 is 11.3. The Labute approximate surface area is 129 Å². The molecule has 0 radical (unpaired) electrons. The molecule has 1 fully saturated rings. The first-order valence-electron chi connectivity index (χ1n) is 6.35. The molecule has 2 heterocycles. The Morgan fingerprint density at radius 2 is 2.33 bits per heavy atom. The largest absolute Gasteiger partial charge is 0.496 e. The Balaban J connectivity index is 1.81. The van der Waals surface area contributed by atoms with E-state index in [1.807, 2.05) is 18.2 Å². The maximum atomic E-state index is 11.1. The van der Waals surface area contributed by atoms with Gasteiger partial charge in [-0.3, -0.25) is 10.1 Å². The molecule has 1 unspecified atom stereocenters. The zero-order valence-electron chi connectivity index (χ0n) is 11.2. The van der Waals surface area contributed by atoms with Gasteiger partial charge in [-0.25, -0.2) is 0 Å². The number of aromatic nitrogens is 2. The number of hydrogen-bond acceptors (Lipinski definition) is 6. The molecule has 1 atom stereocenters. The van der Waals surface area contributed by atoms with Crippen LogP contribution >= 0.6 is 15.9 Å². The Kier molecular flexibility index (Phi) is 3.89. The Morgan fingerprint density at radius 1 is 1.48 bits per heavy atom. The number of hydrogen-bond donors (Lipinski definition) is 2. The SMILES string of the molecule is COc1ccc(-c2noc(C3CNC(=O)CN3)n2)cc1Br. The van der Waals surface area contributed by atoms with Gasteiger partial charge in [-0.15, -0.1) is 0 Å². The minimum atomic E-state index is -0.161. The fourth-order valence-electron chi connectivity index (χ4n) is 2.04. The number of rotatable bonds is 3. The topological polar surface area (TPSA) is 89.3 Å². The van der Waals surface area contributed by atoms with Crippen molar-refractivity contribution in [3.05, 3.63) is 28.6 Å². The van der Waals surface area contributed by atoms with Crippen LogP contribution in [0.25, 0.3) is 11.4 Å². The molecule has 21 heavy (non-hydrogen) atoms. The molecule has 3 rings (SSSR count). The highest BCUT2D eigenvalue weighted by Crippen LogP contribution is 2.29. The normalized spacial score (nSPS) is 18.4. The lowest BCUT2D eigenvalue weighted by molar-refractivity contribution is -0.121. The van der Waals surface area contributed by atoms with Gasteiger partial charge in [-0.2, -0.15) is 4.98 Å². The Hall–Kier alpha value is -1.93. The molecule has 1 saturated heterocycles. The van der Waals surface area contributed by atoms with Crippen LogP contribution in [0, 0.1) is 0 Å². The molecule has 0 spiro atoms. The molecule has 2 aromatic rings. The first-order valence-corrected chi connectivity index (χ1v) is 7.14. The first kappa shape index (κ1) is 14.0. The van der Waals surface area contributed by atoms with Gasteiger partial charge in [0.15, 0.2) is 0 Å². The molecular weight excluding hydrogens is 340 g/mol. The quantitative estimate of drug-likeness (QED) is 0.864. The van der Waals surface area contributed by atoms with Gasteiger partial charge in [0.25, 0.3) is 0 Å². The fraction of sp³-hybridized carbons (Fsp3) is 0.308. The van der Waals surface area contributed by atoms with Crippen LogP contribution in [0.1, 0.15) is 11.9 Å². The van der Waals surface area contributed by atoms with Crippen molar-refractivity contribution in [2.75, 3.05) is 20.2 Å². The number of nitrogens with one attached hydrogen (secondary N) is 2. The van der Waals surface area contributed by atoms with Crippen molar-refractivity contribution >= 4 is 21.8 Å². The number of carbonyl (C=O) groups is 1. The van der Waals surface area contributed by atoms with Crippen LogP contribution in [-0.4, -0.2) is 36.2 Å². The highest BCUT2D eigenvalue weighted by molar-refractivity contribution is 9.10. The predicted octanol–water partition coefficient (Wildman–Crippen LogP) is 1.27. The van der Waals surface area contributed by atoms with Crippen LogP contribution in [0.15, 0.2) is 27.2 Å². The van der Waals surface area contributed by atoms with Gasteiger partial charge >= 0.3 is 0 Å². The van der Waals surface area contributed by atoms with Gasteiger partial charge < -0.3 is 14.6 Å². The van der Waals surface area contributed by atoms with E-state index in [9.17, 15) is 4.79 Å². The van der Waals surface area contributed by atoms with E-state index in [-0.39, 0.29) is 18.5 Å². The van der Waals surface area contributed by atoms with Crippen LogP contribution in [0.2, 0.25) is 0 Å². The van der Waals surface area contributed by atoms with Crippen molar-refractivity contribution in [3.63, 3.8) is 0 Å². The second kappa shape index (κ2) is 5.82. The number of nitrogens with zero attached hydrogens (tertiary/aromatic N) is 2. The Bertz CT molecular complexity index is 663. The van der Waals surface area contributed by atoms with Gasteiger partial charge in [0.1, 0.15) is 11.8 Å². The highest BCUT2D eigenvalue weighted by atomic mass is 79.9. The number of ether oxygens (including phenoxy) is 1. The standard InChI is InChI=1S/C13H13BrN4O3/c1-20-10-3-2-7(4-8(10)14)12-17-13(21-18-12)9-5-16-11(19)6-15-9/h2-4,9,15H,5-6H2,1H3,(H,16,19). The lowest BCUT2D eigenvalue weighted by Gasteiger charge is -2.20. The van der Waals surface area contributed by atoms with Crippen molar-refractivity contribution in [1.29, 1.82) is 0 Å². The van der Waals surface area contributed by atoms with E-state index in [1.165, 1.54) is 0 Å². The summed E-state index contributed by atoms with van der Waals surface area (Å²) in [5.41, 5.74) is 0.817. The van der Waals surface area contributed by atoms with E-state index in [4.69, 9.17) is 9.26 Å². The van der Waals surface area contributed by atoms with Gasteiger partial charge in [0.2, 0.25) is 17.6 Å². The van der Waals surface area contributed by atoms with Gasteiger partial charge in [-0.1, -0.05) is 5.16 Å². The van der Waals surface area contributed by atoms with E-state index in [0.29, 0.717) is 18.3 Å². The van der Waals surface area contributed by atoms with Crippen molar-refractivity contribution < 1.29 is 14.1 Å². The number of carbonyl (C=O) groups excluding carboxylic acids is 1. The van der Waals surface area contributed by atoms with E-state index < -0.39 is 0 Å². The summed E-state index contributed by atoms with van der Waals surface area (Å²) in [5, 5.41) is 9.77. The summed E-state index contributed by atoms with van der Waals surface area (Å²) >= 11 is 3.42. The van der Waals surface area contributed by atoms with Crippen LogP contribution < -0.4 is 15.4 Å². The smallest absolute Gasteiger partial charge is 0.245 e. The highest BCUT2D eigenvalue weighted by Gasteiger charge is 2.24. The molecule has 0 bridgehead atoms. The summed E-state index contributed by atoms with van der Waals surface area (Å²) in [5.74, 6) is 1.65. The minimum absolute atomic E-state index is 0.0370. The third-order valence-electron chi connectivity index (χ3n) is 3.16. The van der Waals surface area contributed by atoms with E-state index in [0.717, 1.165) is 15.8 Å². The zero-order chi connectivity index (χ0) is 14.8. The minimum Gasteiger partial charge on any atom is -0.496 e. The number of piperazine rings is 1. The fourth-order valence-corrected chi connectivity index (χ4v) is 2.58. The molecule has 1 aliphatic heterocycles. The van der Waals surface area contributed by atoms with E-state index in [1.54, 1.807) is 7.11 Å². The maximum absolute atomic E-state index is 11.1. The number of benzene rings is 1. The van der Waals surface area contributed by atoms with Crippen LogP contribution in [0.5, 0.6) is 5.75 Å². The average molecular weight is 353 g/mol. The summed E-state index contributed by atoms with van der Waals surface area (Å²) in [7, 11) is 1.61. The molecule has 0 saturated carbocycles. The van der Waals surface area contributed by atoms with Gasteiger partial charge in [-0.05, 0) is 34.1 Å². The van der Waals surface area contributed by atoms with Gasteiger partial charge in [0, 0.05) is 12.1 Å². The molecular formula is C13H13BrN4O3. The average Bonchev–Trinajstić information content (AvgIpc) is 2.98. The van der Waals surface area contributed by atoms with Crippen molar-refractivity contribution in [3.8, 4) is 17.1 Å². The second-order valence-electron chi connectivity index (χ2n) is 4.54. The monoisotopic (exact) mass is 352 g/mol. The summed E-state index contributed by atoms with van der Waals surface area (Å²) in [6.45, 7) is 0.684. The van der Waals surface area contributed by atoms with Crippen LogP contribution in [-0.2, 0) is 4.79 Å². The summed E-state index contributed by atoms with van der Waals surface area (Å²) in [6, 6.07) is 5.39. The predicted molar refractivity (Wildman–Crippen MR) is 77.7 cm³/mol. The summed E-state index contributed by atoms with van der Waals surface area (Å²) in [4.78, 5) is 15.5.